The molecule has 0 saturated heterocycles. The van der Waals surface area contributed by atoms with Gasteiger partial charge in [-0.1, -0.05) is 26.0 Å². The van der Waals surface area contributed by atoms with Gasteiger partial charge < -0.3 is 10.0 Å². The van der Waals surface area contributed by atoms with E-state index >= 15 is 0 Å². The molecule has 0 radical (unpaired) electrons. The summed E-state index contributed by atoms with van der Waals surface area (Å²) in [6, 6.07) is 6.53. The quantitative estimate of drug-likeness (QED) is 0.778. The number of benzene rings is 1. The van der Waals surface area contributed by atoms with Gasteiger partial charge in [0.2, 0.25) is 5.91 Å². The maximum absolute atomic E-state index is 12.0. The summed E-state index contributed by atoms with van der Waals surface area (Å²) in [6.45, 7) is 5.56. The summed E-state index contributed by atoms with van der Waals surface area (Å²) in [7, 11) is 0. The number of carboxylic acids is 1. The van der Waals surface area contributed by atoms with Crippen LogP contribution in [0.2, 0.25) is 0 Å². The molecule has 0 aliphatic heterocycles. The van der Waals surface area contributed by atoms with Crippen LogP contribution >= 0.6 is 0 Å². The zero-order valence-corrected chi connectivity index (χ0v) is 12.0. The van der Waals surface area contributed by atoms with Gasteiger partial charge in [-0.3, -0.25) is 4.79 Å². The maximum Gasteiger partial charge on any atom is 0.335 e. The second kappa shape index (κ2) is 8.15. The van der Waals surface area contributed by atoms with E-state index in [0.717, 1.165) is 25.9 Å². The van der Waals surface area contributed by atoms with Crippen molar-refractivity contribution in [3.05, 3.63) is 41.5 Å². The highest BCUT2D eigenvalue weighted by molar-refractivity contribution is 5.92. The van der Waals surface area contributed by atoms with E-state index in [2.05, 4.69) is 0 Å². The van der Waals surface area contributed by atoms with Gasteiger partial charge >= 0.3 is 5.97 Å². The molecule has 0 atom stereocenters. The van der Waals surface area contributed by atoms with Crippen molar-refractivity contribution in [2.24, 2.45) is 0 Å². The average molecular weight is 275 g/mol. The van der Waals surface area contributed by atoms with Crippen LogP contribution in [0.3, 0.4) is 0 Å². The van der Waals surface area contributed by atoms with Crippen molar-refractivity contribution in [3.8, 4) is 0 Å². The summed E-state index contributed by atoms with van der Waals surface area (Å²) >= 11 is 0. The molecule has 0 aliphatic carbocycles. The number of aromatic carboxylic acids is 1. The van der Waals surface area contributed by atoms with E-state index < -0.39 is 5.97 Å². The second-order valence-corrected chi connectivity index (χ2v) is 4.59. The van der Waals surface area contributed by atoms with Crippen LogP contribution < -0.4 is 0 Å². The predicted octanol–water partition coefficient (Wildman–Crippen LogP) is 3.05. The van der Waals surface area contributed by atoms with Crippen molar-refractivity contribution in [2.75, 3.05) is 13.1 Å². The van der Waals surface area contributed by atoms with Crippen LogP contribution in [0.25, 0.3) is 6.08 Å². The van der Waals surface area contributed by atoms with E-state index in [1.165, 1.54) is 12.1 Å². The van der Waals surface area contributed by atoms with Gasteiger partial charge in [-0.2, -0.15) is 0 Å². The van der Waals surface area contributed by atoms with Gasteiger partial charge in [0.15, 0.2) is 0 Å². The Balaban J connectivity index is 2.77. The molecular formula is C16H21NO3. The zero-order valence-electron chi connectivity index (χ0n) is 12.0. The molecule has 0 heterocycles. The molecule has 1 aromatic carbocycles. The zero-order chi connectivity index (χ0) is 15.0. The van der Waals surface area contributed by atoms with Crippen LogP contribution in [0.1, 0.15) is 42.6 Å². The monoisotopic (exact) mass is 275 g/mol. The molecule has 1 aromatic rings. The smallest absolute Gasteiger partial charge is 0.335 e. The van der Waals surface area contributed by atoms with E-state index in [-0.39, 0.29) is 11.5 Å². The fraction of sp³-hybridized carbons (Fsp3) is 0.375. The fourth-order valence-corrected chi connectivity index (χ4v) is 1.92. The normalized spacial score (nSPS) is 10.7. The van der Waals surface area contributed by atoms with Crippen molar-refractivity contribution < 1.29 is 14.7 Å². The molecule has 1 N–H and O–H groups in total. The minimum Gasteiger partial charge on any atom is -0.478 e. The van der Waals surface area contributed by atoms with E-state index in [1.807, 2.05) is 13.8 Å². The van der Waals surface area contributed by atoms with Crippen LogP contribution in [-0.4, -0.2) is 35.0 Å². The summed E-state index contributed by atoms with van der Waals surface area (Å²) in [6.07, 6.45) is 5.02. The molecule has 4 nitrogen and oxygen atoms in total. The Morgan fingerprint density at radius 3 is 2.40 bits per heavy atom. The third-order valence-electron chi connectivity index (χ3n) is 2.85. The predicted molar refractivity (Wildman–Crippen MR) is 79.6 cm³/mol. The first kappa shape index (κ1) is 16.0. The summed E-state index contributed by atoms with van der Waals surface area (Å²) in [5.41, 5.74) is 0.935. The first-order valence-corrected chi connectivity index (χ1v) is 6.88. The second-order valence-electron chi connectivity index (χ2n) is 4.59. The van der Waals surface area contributed by atoms with Crippen molar-refractivity contribution in [1.29, 1.82) is 0 Å². The molecule has 20 heavy (non-hydrogen) atoms. The lowest BCUT2D eigenvalue weighted by Gasteiger charge is -2.19. The lowest BCUT2D eigenvalue weighted by molar-refractivity contribution is -0.126. The molecule has 108 valence electrons. The van der Waals surface area contributed by atoms with E-state index in [4.69, 9.17) is 5.11 Å². The molecule has 1 amide bonds. The average Bonchev–Trinajstić information content (AvgIpc) is 2.45. The molecule has 0 fully saturated rings. The molecule has 0 aromatic heterocycles. The Kier molecular flexibility index (Phi) is 6.50. The number of amides is 1. The minimum atomic E-state index is -0.967. The Bertz CT molecular complexity index is 488. The first-order valence-electron chi connectivity index (χ1n) is 6.88. The molecule has 0 unspecified atom stereocenters. The van der Waals surface area contributed by atoms with Gasteiger partial charge in [0.05, 0.1) is 5.56 Å². The Labute approximate surface area is 119 Å². The topological polar surface area (TPSA) is 57.6 Å². The van der Waals surface area contributed by atoms with Gasteiger partial charge in [-0.15, -0.1) is 0 Å². The summed E-state index contributed by atoms with van der Waals surface area (Å²) in [4.78, 5) is 24.7. The Morgan fingerprint density at radius 2 is 1.85 bits per heavy atom. The van der Waals surface area contributed by atoms with Crippen molar-refractivity contribution in [1.82, 2.24) is 4.90 Å². The van der Waals surface area contributed by atoms with Crippen molar-refractivity contribution >= 4 is 18.0 Å². The highest BCUT2D eigenvalue weighted by Gasteiger charge is 2.08. The number of hydrogen-bond donors (Lipinski definition) is 1. The fourth-order valence-electron chi connectivity index (χ4n) is 1.92. The largest absolute Gasteiger partial charge is 0.478 e. The van der Waals surface area contributed by atoms with Crippen molar-refractivity contribution in [3.63, 3.8) is 0 Å². The molecule has 1 rings (SSSR count). The van der Waals surface area contributed by atoms with Gasteiger partial charge in [0, 0.05) is 19.2 Å². The Morgan fingerprint density at radius 1 is 1.20 bits per heavy atom. The highest BCUT2D eigenvalue weighted by Crippen LogP contribution is 2.08. The first-order chi connectivity index (χ1) is 9.58. The Hall–Kier alpha value is -2.10. The molecule has 4 heteroatoms. The molecular weight excluding hydrogens is 254 g/mol. The number of hydrogen-bond acceptors (Lipinski definition) is 2. The van der Waals surface area contributed by atoms with E-state index in [0.29, 0.717) is 5.56 Å². The lowest BCUT2D eigenvalue weighted by Crippen LogP contribution is -2.30. The van der Waals surface area contributed by atoms with Crippen LogP contribution in [0.5, 0.6) is 0 Å². The lowest BCUT2D eigenvalue weighted by atomic mass is 10.1. The van der Waals surface area contributed by atoms with Gasteiger partial charge in [0.1, 0.15) is 0 Å². The standard InChI is InChI=1S/C16H21NO3/c1-3-10-17(11-4-2)15(18)9-8-13-6-5-7-14(12-13)16(19)20/h5-9,12H,3-4,10-11H2,1-2H3,(H,19,20). The van der Waals surface area contributed by atoms with Gasteiger partial charge in [-0.25, -0.2) is 4.79 Å². The van der Waals surface area contributed by atoms with Crippen molar-refractivity contribution in [2.45, 2.75) is 26.7 Å². The van der Waals surface area contributed by atoms with E-state index in [9.17, 15) is 9.59 Å². The van der Waals surface area contributed by atoms with Crippen LogP contribution in [0.15, 0.2) is 30.3 Å². The SMILES string of the molecule is CCCN(CCC)C(=O)C=Cc1cccc(C(=O)O)c1. The minimum absolute atomic E-state index is 0.0329. The molecule has 0 spiro atoms. The third kappa shape index (κ3) is 4.88. The maximum atomic E-state index is 12.0. The van der Waals surface area contributed by atoms with Crippen LogP contribution in [0, 0.1) is 0 Å². The number of carbonyl (C=O) groups excluding carboxylic acids is 1. The van der Waals surface area contributed by atoms with Gasteiger partial charge in [0.25, 0.3) is 0 Å². The van der Waals surface area contributed by atoms with Crippen LogP contribution in [0.4, 0.5) is 0 Å². The number of carbonyl (C=O) groups is 2. The number of carboxylic acid groups (broad SMARTS) is 1. The van der Waals surface area contributed by atoms with Crippen LogP contribution in [-0.2, 0) is 4.79 Å². The third-order valence-corrected chi connectivity index (χ3v) is 2.85. The highest BCUT2D eigenvalue weighted by atomic mass is 16.4. The van der Waals surface area contributed by atoms with Gasteiger partial charge in [-0.05, 0) is 36.6 Å². The van der Waals surface area contributed by atoms with E-state index in [1.54, 1.807) is 29.2 Å². The molecule has 0 bridgehead atoms. The number of rotatable bonds is 7. The molecule has 0 aliphatic rings. The summed E-state index contributed by atoms with van der Waals surface area (Å²) in [5, 5.41) is 8.92. The summed E-state index contributed by atoms with van der Waals surface area (Å²) < 4.78 is 0. The molecule has 0 saturated carbocycles. The number of nitrogens with zero attached hydrogens (tertiary/aromatic N) is 1. The summed E-state index contributed by atoms with van der Waals surface area (Å²) in [5.74, 6) is -1.00.